The normalized spacial score (nSPS) is 11.0. The lowest BCUT2D eigenvalue weighted by molar-refractivity contribution is -0.132. The molecule has 39 heavy (non-hydrogen) atoms. The van der Waals surface area contributed by atoms with Gasteiger partial charge in [0.1, 0.15) is 12.3 Å². The number of hydrogen-bond acceptors (Lipinski definition) is 3. The van der Waals surface area contributed by atoms with E-state index in [9.17, 15) is 9.59 Å². The number of carbonyl (C=O) groups is 2. The first kappa shape index (κ1) is 27.8. The van der Waals surface area contributed by atoms with E-state index in [0.717, 1.165) is 44.6 Å². The van der Waals surface area contributed by atoms with Crippen molar-refractivity contribution in [2.24, 2.45) is 0 Å². The standard InChI is InChI=1S/C32H38N4O3/c1-22(2)36(32(38)34-28-15-10-11-23(3)24(28)4)21-31(37)35(20-26-12-6-9-16-30(26)39-5)18-17-25-19-33-29-14-8-7-13-27(25)29/h6-16,19,22,33H,17-18,20-21H2,1-5H3,(H,34,38). The fourth-order valence-electron chi connectivity index (χ4n) is 4.73. The summed E-state index contributed by atoms with van der Waals surface area (Å²) in [7, 11) is 1.63. The highest BCUT2D eigenvalue weighted by Gasteiger charge is 2.25. The molecule has 0 aliphatic heterocycles. The SMILES string of the molecule is COc1ccccc1CN(CCc1c[nH]c2ccccc12)C(=O)CN(C(=O)Nc1cccc(C)c1C)C(C)C. The number of fused-ring (bicyclic) bond motifs is 1. The van der Waals surface area contributed by atoms with Crippen molar-refractivity contribution in [1.29, 1.82) is 0 Å². The maximum Gasteiger partial charge on any atom is 0.322 e. The number of nitrogens with one attached hydrogen (secondary N) is 2. The van der Waals surface area contributed by atoms with Crippen LogP contribution in [0.2, 0.25) is 0 Å². The van der Waals surface area contributed by atoms with Crippen LogP contribution in [0, 0.1) is 13.8 Å². The summed E-state index contributed by atoms with van der Waals surface area (Å²) in [4.78, 5) is 33.9. The molecule has 3 aromatic carbocycles. The number of ether oxygens (including phenoxy) is 1. The minimum absolute atomic E-state index is 0.0304. The van der Waals surface area contributed by atoms with Crippen molar-refractivity contribution in [1.82, 2.24) is 14.8 Å². The fraction of sp³-hybridized carbons (Fsp3) is 0.312. The second-order valence-electron chi connectivity index (χ2n) is 10.1. The average molecular weight is 527 g/mol. The number of carbonyl (C=O) groups excluding carboxylic acids is 2. The van der Waals surface area contributed by atoms with E-state index in [1.807, 2.05) is 99.5 Å². The molecule has 0 bridgehead atoms. The van der Waals surface area contributed by atoms with Gasteiger partial charge in [0.25, 0.3) is 0 Å². The molecule has 1 aromatic heterocycles. The van der Waals surface area contributed by atoms with Crippen LogP contribution in [-0.2, 0) is 17.8 Å². The van der Waals surface area contributed by atoms with Crippen LogP contribution in [0.3, 0.4) is 0 Å². The number of methoxy groups -OCH3 is 1. The summed E-state index contributed by atoms with van der Waals surface area (Å²) < 4.78 is 5.56. The Kier molecular flexibility index (Phi) is 8.92. The van der Waals surface area contributed by atoms with Gasteiger partial charge in [-0.15, -0.1) is 0 Å². The maximum atomic E-state index is 13.8. The van der Waals surface area contributed by atoms with Gasteiger partial charge in [-0.25, -0.2) is 4.79 Å². The van der Waals surface area contributed by atoms with Crippen LogP contribution in [0.15, 0.2) is 72.9 Å². The van der Waals surface area contributed by atoms with E-state index in [4.69, 9.17) is 4.74 Å². The van der Waals surface area contributed by atoms with Crippen LogP contribution >= 0.6 is 0 Å². The molecule has 4 aromatic rings. The molecule has 0 unspecified atom stereocenters. The lowest BCUT2D eigenvalue weighted by Crippen LogP contribution is -2.47. The summed E-state index contributed by atoms with van der Waals surface area (Å²) in [6.45, 7) is 8.70. The van der Waals surface area contributed by atoms with Crippen LogP contribution in [0.5, 0.6) is 5.75 Å². The summed E-state index contributed by atoms with van der Waals surface area (Å²) >= 11 is 0. The maximum absolute atomic E-state index is 13.8. The lowest BCUT2D eigenvalue weighted by atomic mass is 10.1. The quantitative estimate of drug-likeness (QED) is 0.254. The van der Waals surface area contributed by atoms with Gasteiger partial charge in [-0.1, -0.05) is 48.5 Å². The Morgan fingerprint density at radius 3 is 2.46 bits per heavy atom. The first-order valence-corrected chi connectivity index (χ1v) is 13.4. The van der Waals surface area contributed by atoms with Gasteiger partial charge >= 0.3 is 6.03 Å². The molecule has 0 aliphatic rings. The summed E-state index contributed by atoms with van der Waals surface area (Å²) in [5.41, 5.74) is 6.00. The van der Waals surface area contributed by atoms with Crippen molar-refractivity contribution in [3.05, 3.63) is 95.2 Å². The first-order valence-electron chi connectivity index (χ1n) is 13.4. The third kappa shape index (κ3) is 6.60. The number of hydrogen-bond donors (Lipinski definition) is 2. The Balaban J connectivity index is 1.55. The molecule has 0 saturated carbocycles. The monoisotopic (exact) mass is 526 g/mol. The second kappa shape index (κ2) is 12.5. The minimum Gasteiger partial charge on any atom is -0.496 e. The number of benzene rings is 3. The van der Waals surface area contributed by atoms with Crippen molar-refractivity contribution in [2.75, 3.05) is 25.5 Å². The van der Waals surface area contributed by atoms with Crippen LogP contribution in [0.1, 0.15) is 36.1 Å². The molecule has 4 rings (SSSR count). The summed E-state index contributed by atoms with van der Waals surface area (Å²) in [5.74, 6) is 0.612. The van der Waals surface area contributed by atoms with Crippen molar-refractivity contribution >= 4 is 28.5 Å². The lowest BCUT2D eigenvalue weighted by Gasteiger charge is -2.30. The number of urea groups is 1. The number of para-hydroxylation sites is 2. The molecule has 0 atom stereocenters. The Labute approximate surface area is 230 Å². The van der Waals surface area contributed by atoms with Gasteiger partial charge in [0.15, 0.2) is 0 Å². The van der Waals surface area contributed by atoms with Crippen molar-refractivity contribution in [2.45, 2.75) is 46.7 Å². The van der Waals surface area contributed by atoms with Gasteiger partial charge in [-0.2, -0.15) is 0 Å². The molecule has 0 saturated heterocycles. The van der Waals surface area contributed by atoms with Gasteiger partial charge in [0.05, 0.1) is 7.11 Å². The Morgan fingerprint density at radius 2 is 1.69 bits per heavy atom. The van der Waals surface area contributed by atoms with E-state index in [0.29, 0.717) is 19.5 Å². The van der Waals surface area contributed by atoms with Crippen LogP contribution in [-0.4, -0.2) is 53.0 Å². The fourth-order valence-corrected chi connectivity index (χ4v) is 4.73. The third-order valence-electron chi connectivity index (χ3n) is 7.27. The first-order chi connectivity index (χ1) is 18.8. The van der Waals surface area contributed by atoms with Gasteiger partial charge < -0.3 is 24.8 Å². The number of aromatic amines is 1. The largest absolute Gasteiger partial charge is 0.496 e. The number of aromatic nitrogens is 1. The highest BCUT2D eigenvalue weighted by molar-refractivity contribution is 5.93. The number of H-pyrrole nitrogens is 1. The van der Waals surface area contributed by atoms with Gasteiger partial charge in [0.2, 0.25) is 5.91 Å². The van der Waals surface area contributed by atoms with Crippen molar-refractivity contribution in [3.63, 3.8) is 0 Å². The number of aryl methyl sites for hydroxylation is 1. The van der Waals surface area contributed by atoms with E-state index in [1.54, 1.807) is 12.0 Å². The Bertz CT molecular complexity index is 1440. The van der Waals surface area contributed by atoms with Crippen LogP contribution < -0.4 is 10.1 Å². The second-order valence-corrected chi connectivity index (χ2v) is 10.1. The summed E-state index contributed by atoms with van der Waals surface area (Å²) in [6.07, 6.45) is 2.69. The van der Waals surface area contributed by atoms with Crippen LogP contribution in [0.4, 0.5) is 10.5 Å². The third-order valence-corrected chi connectivity index (χ3v) is 7.27. The molecule has 1 heterocycles. The zero-order valence-electron chi connectivity index (χ0n) is 23.5. The number of anilines is 1. The average Bonchev–Trinajstić information content (AvgIpc) is 3.35. The Hall–Kier alpha value is -4.26. The topological polar surface area (TPSA) is 77.7 Å². The molecule has 0 radical (unpaired) electrons. The summed E-state index contributed by atoms with van der Waals surface area (Å²) in [5, 5.41) is 4.16. The molecular weight excluding hydrogens is 488 g/mol. The van der Waals surface area contributed by atoms with Gasteiger partial charge in [-0.05, 0) is 69.0 Å². The van der Waals surface area contributed by atoms with E-state index in [-0.39, 0.29) is 24.5 Å². The van der Waals surface area contributed by atoms with E-state index in [2.05, 4.69) is 16.4 Å². The molecule has 0 spiro atoms. The zero-order chi connectivity index (χ0) is 27.9. The smallest absolute Gasteiger partial charge is 0.322 e. The van der Waals surface area contributed by atoms with E-state index < -0.39 is 0 Å². The predicted octanol–water partition coefficient (Wildman–Crippen LogP) is 6.31. The Morgan fingerprint density at radius 1 is 0.949 bits per heavy atom. The van der Waals surface area contributed by atoms with Crippen molar-refractivity contribution < 1.29 is 14.3 Å². The van der Waals surface area contributed by atoms with E-state index >= 15 is 0 Å². The molecule has 2 N–H and O–H groups in total. The van der Waals surface area contributed by atoms with E-state index in [1.165, 1.54) is 0 Å². The molecule has 3 amide bonds. The molecule has 7 heteroatoms. The molecular formula is C32H38N4O3. The number of amides is 3. The molecule has 0 fully saturated rings. The molecule has 0 aliphatic carbocycles. The van der Waals surface area contributed by atoms with Gasteiger partial charge in [-0.3, -0.25) is 4.79 Å². The van der Waals surface area contributed by atoms with Gasteiger partial charge in [0, 0.05) is 47.5 Å². The summed E-state index contributed by atoms with van der Waals surface area (Å²) in [6, 6.07) is 21.2. The minimum atomic E-state index is -0.291. The van der Waals surface area contributed by atoms with Crippen LogP contribution in [0.25, 0.3) is 10.9 Å². The molecule has 204 valence electrons. The molecule has 7 nitrogen and oxygen atoms in total. The zero-order valence-corrected chi connectivity index (χ0v) is 23.5. The highest BCUT2D eigenvalue weighted by Crippen LogP contribution is 2.23. The predicted molar refractivity (Wildman–Crippen MR) is 157 cm³/mol. The number of nitrogens with zero attached hydrogens (tertiary/aromatic N) is 2. The van der Waals surface area contributed by atoms with Crippen molar-refractivity contribution in [3.8, 4) is 5.75 Å². The highest BCUT2D eigenvalue weighted by atomic mass is 16.5. The number of rotatable bonds is 10.